The van der Waals surface area contributed by atoms with E-state index in [-0.39, 0.29) is 30.7 Å². The summed E-state index contributed by atoms with van der Waals surface area (Å²) in [5.74, 6) is 2.01. The number of hydrogen-bond acceptors (Lipinski definition) is 4. The molecule has 144 valence electrons. The van der Waals surface area contributed by atoms with Gasteiger partial charge in [-0.25, -0.2) is 4.98 Å². The van der Waals surface area contributed by atoms with E-state index in [1.165, 1.54) is 6.42 Å². The maximum absolute atomic E-state index is 12.6. The highest BCUT2D eigenvalue weighted by Gasteiger charge is 2.24. The third-order valence-corrected chi connectivity index (χ3v) is 4.60. The van der Waals surface area contributed by atoms with Crippen LogP contribution in [0.2, 0.25) is 0 Å². The molecule has 1 aromatic carbocycles. The number of oxazole rings is 1. The van der Waals surface area contributed by atoms with Crippen molar-refractivity contribution in [3.8, 4) is 11.5 Å². The van der Waals surface area contributed by atoms with E-state index < -0.39 is 0 Å². The molecule has 2 aromatic rings. The summed E-state index contributed by atoms with van der Waals surface area (Å²) in [5, 5.41) is 3.21. The molecule has 1 amide bonds. The molecule has 1 atom stereocenters. The van der Waals surface area contributed by atoms with Gasteiger partial charge >= 0.3 is 0 Å². The largest absolute Gasteiger partial charge is 0.441 e. The molecule has 1 N–H and O–H groups in total. The van der Waals surface area contributed by atoms with Crippen LogP contribution in [0.1, 0.15) is 24.3 Å². The van der Waals surface area contributed by atoms with Crippen LogP contribution in [0.25, 0.3) is 11.5 Å². The number of piperidine rings is 1. The lowest BCUT2D eigenvalue weighted by Gasteiger charge is -2.32. The summed E-state index contributed by atoms with van der Waals surface area (Å²) in [6.45, 7) is 4.52. The highest BCUT2D eigenvalue weighted by Crippen LogP contribution is 2.23. The molecule has 0 spiro atoms. The maximum atomic E-state index is 12.6. The fraction of sp³-hybridized carbons (Fsp3) is 0.474. The van der Waals surface area contributed by atoms with Gasteiger partial charge in [0.25, 0.3) is 0 Å². The van der Waals surface area contributed by atoms with Crippen LogP contribution in [-0.4, -0.2) is 42.5 Å². The quantitative estimate of drug-likeness (QED) is 0.835. The molecule has 1 aliphatic heterocycles. The van der Waals surface area contributed by atoms with E-state index >= 15 is 0 Å². The second kappa shape index (κ2) is 10.6. The zero-order valence-electron chi connectivity index (χ0n) is 15.2. The van der Waals surface area contributed by atoms with Crippen LogP contribution < -0.4 is 5.32 Å². The number of rotatable bonds is 5. The van der Waals surface area contributed by atoms with Gasteiger partial charge in [0.15, 0.2) is 0 Å². The summed E-state index contributed by atoms with van der Waals surface area (Å²) in [6, 6.07) is 9.79. The van der Waals surface area contributed by atoms with Gasteiger partial charge in [0, 0.05) is 18.7 Å². The van der Waals surface area contributed by atoms with E-state index in [1.54, 1.807) is 0 Å². The van der Waals surface area contributed by atoms with E-state index in [1.807, 2.05) is 49.2 Å². The first-order valence-electron chi connectivity index (χ1n) is 8.61. The van der Waals surface area contributed by atoms with Crippen molar-refractivity contribution in [2.24, 2.45) is 5.92 Å². The van der Waals surface area contributed by atoms with Crippen LogP contribution in [0.3, 0.4) is 0 Å². The maximum Gasteiger partial charge on any atom is 0.228 e. The van der Waals surface area contributed by atoms with Gasteiger partial charge in [-0.1, -0.05) is 18.2 Å². The average molecular weight is 400 g/mol. The van der Waals surface area contributed by atoms with Crippen molar-refractivity contribution in [1.82, 2.24) is 15.2 Å². The summed E-state index contributed by atoms with van der Waals surface area (Å²) in [4.78, 5) is 19.2. The smallest absolute Gasteiger partial charge is 0.228 e. The number of hydrogen-bond donors (Lipinski definition) is 1. The monoisotopic (exact) mass is 399 g/mol. The number of aromatic nitrogens is 1. The van der Waals surface area contributed by atoms with Crippen molar-refractivity contribution in [1.29, 1.82) is 0 Å². The van der Waals surface area contributed by atoms with Crippen molar-refractivity contribution < 1.29 is 9.21 Å². The van der Waals surface area contributed by atoms with Crippen molar-refractivity contribution in [2.45, 2.75) is 26.2 Å². The van der Waals surface area contributed by atoms with E-state index in [2.05, 4.69) is 10.3 Å². The van der Waals surface area contributed by atoms with E-state index in [9.17, 15) is 4.79 Å². The van der Waals surface area contributed by atoms with Gasteiger partial charge in [0.05, 0.1) is 12.1 Å². The standard InChI is InChI=1S/C19H25N3O2.2ClH/c1-14-17(21-19(24-14)16-8-4-3-5-9-16)11-18(23)22-10-6-7-15(13-22)12-20-2;;/h3-5,8-9,15,20H,6-7,10-13H2,1-2H3;2*1H. The summed E-state index contributed by atoms with van der Waals surface area (Å²) in [5.41, 5.74) is 1.68. The third-order valence-electron chi connectivity index (χ3n) is 4.60. The summed E-state index contributed by atoms with van der Waals surface area (Å²) in [6.07, 6.45) is 2.57. The first kappa shape index (κ1) is 22.5. The zero-order chi connectivity index (χ0) is 16.9. The molecule has 7 heteroatoms. The Bertz CT molecular complexity index is 689. The molecule has 0 radical (unpaired) electrons. The summed E-state index contributed by atoms with van der Waals surface area (Å²) >= 11 is 0. The van der Waals surface area contributed by atoms with E-state index in [0.717, 1.165) is 43.1 Å². The van der Waals surface area contributed by atoms with Gasteiger partial charge in [-0.05, 0) is 51.4 Å². The molecule has 5 nitrogen and oxygen atoms in total. The van der Waals surface area contributed by atoms with Crippen LogP contribution in [0, 0.1) is 12.8 Å². The highest BCUT2D eigenvalue weighted by molar-refractivity contribution is 5.85. The predicted molar refractivity (Wildman–Crippen MR) is 108 cm³/mol. The molecule has 2 heterocycles. The lowest BCUT2D eigenvalue weighted by atomic mass is 9.97. The number of aryl methyl sites for hydroxylation is 1. The van der Waals surface area contributed by atoms with Crippen LogP contribution >= 0.6 is 24.8 Å². The summed E-state index contributed by atoms with van der Waals surface area (Å²) < 4.78 is 5.76. The zero-order valence-corrected chi connectivity index (χ0v) is 16.9. The van der Waals surface area contributed by atoms with Gasteiger partial charge in [0.1, 0.15) is 5.76 Å². The van der Waals surface area contributed by atoms with Gasteiger partial charge in [-0.15, -0.1) is 24.8 Å². The molecule has 0 saturated carbocycles. The van der Waals surface area contributed by atoms with Crippen LogP contribution in [-0.2, 0) is 11.2 Å². The number of nitrogens with zero attached hydrogens (tertiary/aromatic N) is 2. The number of likely N-dealkylation sites (tertiary alicyclic amines) is 1. The molecule has 0 aliphatic carbocycles. The van der Waals surface area contributed by atoms with Crippen molar-refractivity contribution in [3.63, 3.8) is 0 Å². The molecule has 1 aliphatic rings. The van der Waals surface area contributed by atoms with Crippen molar-refractivity contribution in [2.75, 3.05) is 26.7 Å². The average Bonchev–Trinajstić information content (AvgIpc) is 2.97. The second-order valence-corrected chi connectivity index (χ2v) is 6.47. The molecule has 0 bridgehead atoms. The molecule has 3 rings (SSSR count). The normalized spacial score (nSPS) is 16.5. The van der Waals surface area contributed by atoms with Gasteiger partial charge in [0.2, 0.25) is 11.8 Å². The Balaban J connectivity index is 0.00000169. The van der Waals surface area contributed by atoms with Crippen molar-refractivity contribution in [3.05, 3.63) is 41.8 Å². The number of benzene rings is 1. The SMILES string of the molecule is CNCC1CCCN(C(=O)Cc2nc(-c3ccccc3)oc2C)C1.Cl.Cl. The summed E-state index contributed by atoms with van der Waals surface area (Å²) in [7, 11) is 1.96. The minimum absolute atomic E-state index is 0. The fourth-order valence-corrected chi connectivity index (χ4v) is 3.30. The lowest BCUT2D eigenvalue weighted by molar-refractivity contribution is -0.132. The van der Waals surface area contributed by atoms with Gasteiger partial charge < -0.3 is 14.6 Å². The lowest BCUT2D eigenvalue weighted by Crippen LogP contribution is -2.43. The van der Waals surface area contributed by atoms with Crippen LogP contribution in [0.15, 0.2) is 34.7 Å². The molecule has 1 unspecified atom stereocenters. The molecular formula is C19H27Cl2N3O2. The van der Waals surface area contributed by atoms with Crippen LogP contribution in [0.4, 0.5) is 0 Å². The topological polar surface area (TPSA) is 58.4 Å². The fourth-order valence-electron chi connectivity index (χ4n) is 3.30. The Morgan fingerprint density at radius 1 is 1.31 bits per heavy atom. The number of amides is 1. The number of carbonyl (C=O) groups is 1. The molecule has 1 saturated heterocycles. The Kier molecular flexibility index (Phi) is 9.13. The number of carbonyl (C=O) groups excluding carboxylic acids is 1. The van der Waals surface area contributed by atoms with Crippen LogP contribution in [0.5, 0.6) is 0 Å². The second-order valence-electron chi connectivity index (χ2n) is 6.47. The Hall–Kier alpha value is -1.56. The minimum Gasteiger partial charge on any atom is -0.441 e. The molecule has 26 heavy (non-hydrogen) atoms. The van der Waals surface area contributed by atoms with Gasteiger partial charge in [-0.2, -0.15) is 0 Å². The Morgan fingerprint density at radius 2 is 2.04 bits per heavy atom. The van der Waals surface area contributed by atoms with Gasteiger partial charge in [-0.3, -0.25) is 4.79 Å². The molecule has 1 fully saturated rings. The Morgan fingerprint density at radius 3 is 2.73 bits per heavy atom. The predicted octanol–water partition coefficient (Wildman–Crippen LogP) is 3.49. The third kappa shape index (κ3) is 5.47. The Labute approximate surface area is 167 Å². The number of halogens is 2. The first-order valence-corrected chi connectivity index (χ1v) is 8.61. The van der Waals surface area contributed by atoms with E-state index in [4.69, 9.17) is 4.42 Å². The molecular weight excluding hydrogens is 373 g/mol. The highest BCUT2D eigenvalue weighted by atomic mass is 35.5. The first-order chi connectivity index (χ1) is 11.7. The van der Waals surface area contributed by atoms with E-state index in [0.29, 0.717) is 18.2 Å². The minimum atomic E-state index is 0. The van der Waals surface area contributed by atoms with Crippen molar-refractivity contribution >= 4 is 30.7 Å². The molecule has 1 aromatic heterocycles. The number of nitrogens with one attached hydrogen (secondary N) is 1.